The first-order valence-electron chi connectivity index (χ1n) is 9.76. The molecule has 0 fully saturated rings. The average Bonchev–Trinajstić information content (AvgIpc) is 3.34. The summed E-state index contributed by atoms with van der Waals surface area (Å²) in [5.41, 5.74) is 3.15. The van der Waals surface area contributed by atoms with Crippen LogP contribution in [0.3, 0.4) is 0 Å². The van der Waals surface area contributed by atoms with Crippen LogP contribution in [0.1, 0.15) is 11.4 Å². The third-order valence-corrected chi connectivity index (χ3v) is 5.84. The predicted molar refractivity (Wildman–Crippen MR) is 122 cm³/mol. The van der Waals surface area contributed by atoms with Crippen molar-refractivity contribution in [2.75, 3.05) is 11.1 Å². The summed E-state index contributed by atoms with van der Waals surface area (Å²) >= 11 is 1.41. The van der Waals surface area contributed by atoms with Crippen LogP contribution < -0.4 is 10.9 Å². The topological polar surface area (TPSA) is 82.1 Å². The maximum atomic E-state index is 12.9. The van der Waals surface area contributed by atoms with Crippen molar-refractivity contribution in [3.63, 3.8) is 0 Å². The Labute approximate surface area is 183 Å². The molecule has 0 saturated heterocycles. The van der Waals surface area contributed by atoms with Crippen LogP contribution in [0, 0.1) is 6.92 Å². The van der Waals surface area contributed by atoms with Crippen LogP contribution >= 0.6 is 11.8 Å². The molecule has 0 spiro atoms. The number of oxazole rings is 1. The van der Waals surface area contributed by atoms with Gasteiger partial charge in [0.15, 0.2) is 0 Å². The molecule has 2 heterocycles. The van der Waals surface area contributed by atoms with Crippen molar-refractivity contribution < 1.29 is 9.21 Å². The van der Waals surface area contributed by atoms with Crippen LogP contribution in [0.5, 0.6) is 0 Å². The summed E-state index contributed by atoms with van der Waals surface area (Å²) in [6.07, 6.45) is 1.60. The number of rotatable bonds is 7. The van der Waals surface area contributed by atoms with Gasteiger partial charge in [-0.3, -0.25) is 14.3 Å². The molecule has 7 nitrogen and oxygen atoms in total. The SMILES string of the molecule is Cc1c(NC(=O)CSCc2coc(-c3ccccc3)n2)c(=O)n(-c2ccccc2)n1C. The molecule has 1 N–H and O–H groups in total. The lowest BCUT2D eigenvalue weighted by Crippen LogP contribution is -2.23. The monoisotopic (exact) mass is 434 g/mol. The second-order valence-electron chi connectivity index (χ2n) is 6.99. The Morgan fingerprint density at radius 2 is 1.77 bits per heavy atom. The number of anilines is 1. The highest BCUT2D eigenvalue weighted by Crippen LogP contribution is 2.21. The third-order valence-electron chi connectivity index (χ3n) is 4.87. The van der Waals surface area contributed by atoms with Gasteiger partial charge >= 0.3 is 0 Å². The zero-order valence-corrected chi connectivity index (χ0v) is 18.1. The summed E-state index contributed by atoms with van der Waals surface area (Å²) < 4.78 is 8.80. The van der Waals surface area contributed by atoms with E-state index >= 15 is 0 Å². The minimum Gasteiger partial charge on any atom is -0.444 e. The predicted octanol–water partition coefficient (Wildman–Crippen LogP) is 4.01. The molecule has 0 atom stereocenters. The quantitative estimate of drug-likeness (QED) is 0.475. The first-order valence-corrected chi connectivity index (χ1v) is 10.9. The fraction of sp³-hybridized carbons (Fsp3) is 0.174. The first kappa shape index (κ1) is 20.7. The molecule has 0 saturated carbocycles. The fourth-order valence-corrected chi connectivity index (χ4v) is 3.92. The zero-order chi connectivity index (χ0) is 21.8. The molecule has 158 valence electrons. The standard InChI is InChI=1S/C23H22N4O3S/c1-16-21(23(29)27(26(16)2)19-11-7-4-8-12-19)25-20(28)15-31-14-18-13-30-22(24-18)17-9-5-3-6-10-17/h3-13H,14-15H2,1-2H3,(H,25,28). The minimum atomic E-state index is -0.256. The van der Waals surface area contributed by atoms with Gasteiger partial charge in [0.25, 0.3) is 5.56 Å². The van der Waals surface area contributed by atoms with E-state index in [9.17, 15) is 9.59 Å². The van der Waals surface area contributed by atoms with E-state index in [4.69, 9.17) is 4.42 Å². The zero-order valence-electron chi connectivity index (χ0n) is 17.2. The highest BCUT2D eigenvalue weighted by Gasteiger charge is 2.18. The molecule has 4 rings (SSSR count). The average molecular weight is 435 g/mol. The molecular weight excluding hydrogens is 412 g/mol. The second-order valence-corrected chi connectivity index (χ2v) is 7.97. The van der Waals surface area contributed by atoms with Crippen molar-refractivity contribution in [1.82, 2.24) is 14.3 Å². The summed E-state index contributed by atoms with van der Waals surface area (Å²) in [5, 5.41) is 2.77. The van der Waals surface area contributed by atoms with Crippen molar-refractivity contribution in [3.05, 3.63) is 88.7 Å². The summed E-state index contributed by atoms with van der Waals surface area (Å²) in [5.74, 6) is 1.06. The molecule has 0 bridgehead atoms. The van der Waals surface area contributed by atoms with Crippen molar-refractivity contribution in [3.8, 4) is 17.1 Å². The number of hydrogen-bond acceptors (Lipinski definition) is 5. The highest BCUT2D eigenvalue weighted by molar-refractivity contribution is 7.99. The van der Waals surface area contributed by atoms with Gasteiger partial charge in [-0.05, 0) is 31.2 Å². The number of amides is 1. The third kappa shape index (κ3) is 4.49. The summed E-state index contributed by atoms with van der Waals surface area (Å²) in [4.78, 5) is 29.8. The highest BCUT2D eigenvalue weighted by atomic mass is 32.2. The maximum Gasteiger partial charge on any atom is 0.295 e. The van der Waals surface area contributed by atoms with E-state index in [0.717, 1.165) is 16.9 Å². The molecule has 2 aromatic heterocycles. The van der Waals surface area contributed by atoms with Gasteiger partial charge in [-0.1, -0.05) is 36.4 Å². The lowest BCUT2D eigenvalue weighted by molar-refractivity contribution is -0.113. The Morgan fingerprint density at radius 3 is 2.48 bits per heavy atom. The van der Waals surface area contributed by atoms with E-state index in [1.807, 2.05) is 67.6 Å². The van der Waals surface area contributed by atoms with Crippen molar-refractivity contribution in [2.45, 2.75) is 12.7 Å². The minimum absolute atomic E-state index is 0.201. The largest absolute Gasteiger partial charge is 0.444 e. The molecule has 0 aliphatic heterocycles. The Hall–Kier alpha value is -3.52. The van der Waals surface area contributed by atoms with Crippen LogP contribution in [0.4, 0.5) is 5.69 Å². The number of aromatic nitrogens is 3. The molecule has 2 aromatic carbocycles. The van der Waals surface area contributed by atoms with Crippen LogP contribution in [-0.4, -0.2) is 26.0 Å². The number of benzene rings is 2. The van der Waals surface area contributed by atoms with Gasteiger partial charge in [0.05, 0.1) is 22.8 Å². The van der Waals surface area contributed by atoms with Crippen LogP contribution in [0.15, 0.2) is 76.1 Å². The van der Waals surface area contributed by atoms with E-state index in [-0.39, 0.29) is 17.2 Å². The maximum absolute atomic E-state index is 12.9. The molecule has 0 radical (unpaired) electrons. The molecule has 4 aromatic rings. The lowest BCUT2D eigenvalue weighted by atomic mass is 10.2. The van der Waals surface area contributed by atoms with E-state index in [2.05, 4.69) is 10.3 Å². The first-order chi connectivity index (χ1) is 15.0. The fourth-order valence-electron chi connectivity index (χ4n) is 3.22. The van der Waals surface area contributed by atoms with Crippen LogP contribution in [-0.2, 0) is 17.6 Å². The Balaban J connectivity index is 1.38. The number of carbonyl (C=O) groups is 1. The molecule has 31 heavy (non-hydrogen) atoms. The lowest BCUT2D eigenvalue weighted by Gasteiger charge is -2.07. The van der Waals surface area contributed by atoms with Gasteiger partial charge in [-0.2, -0.15) is 0 Å². The van der Waals surface area contributed by atoms with E-state index < -0.39 is 0 Å². The number of hydrogen-bond donors (Lipinski definition) is 1. The molecular formula is C23H22N4O3S. The summed E-state index contributed by atoms with van der Waals surface area (Å²) in [6, 6.07) is 19.0. The van der Waals surface area contributed by atoms with Gasteiger partial charge in [-0.25, -0.2) is 9.67 Å². The van der Waals surface area contributed by atoms with Crippen molar-refractivity contribution in [1.29, 1.82) is 0 Å². The van der Waals surface area contributed by atoms with Gasteiger partial charge in [0, 0.05) is 18.4 Å². The number of nitrogens with zero attached hydrogens (tertiary/aromatic N) is 3. The second kappa shape index (κ2) is 9.09. The Morgan fingerprint density at radius 1 is 1.10 bits per heavy atom. The Kier molecular flexibility index (Phi) is 6.08. The molecule has 8 heteroatoms. The molecule has 1 amide bonds. The van der Waals surface area contributed by atoms with Gasteiger partial charge in [-0.15, -0.1) is 11.8 Å². The van der Waals surface area contributed by atoms with E-state index in [1.54, 1.807) is 22.7 Å². The summed E-state index contributed by atoms with van der Waals surface area (Å²) in [6.45, 7) is 1.81. The molecule has 0 aliphatic rings. The smallest absolute Gasteiger partial charge is 0.295 e. The number of para-hydroxylation sites is 1. The molecule has 0 aliphatic carbocycles. The van der Waals surface area contributed by atoms with E-state index in [1.165, 1.54) is 11.8 Å². The van der Waals surface area contributed by atoms with Gasteiger partial charge < -0.3 is 9.73 Å². The van der Waals surface area contributed by atoms with Gasteiger partial charge in [0.1, 0.15) is 12.0 Å². The van der Waals surface area contributed by atoms with Crippen molar-refractivity contribution >= 4 is 23.4 Å². The number of carbonyl (C=O) groups excluding carboxylic acids is 1. The normalized spacial score (nSPS) is 10.9. The van der Waals surface area contributed by atoms with Crippen LogP contribution in [0.25, 0.3) is 17.1 Å². The Bertz CT molecular complexity index is 1240. The van der Waals surface area contributed by atoms with Gasteiger partial charge in [0.2, 0.25) is 11.8 Å². The van der Waals surface area contributed by atoms with E-state index in [0.29, 0.717) is 23.0 Å². The summed E-state index contributed by atoms with van der Waals surface area (Å²) in [7, 11) is 1.79. The van der Waals surface area contributed by atoms with Crippen molar-refractivity contribution in [2.24, 2.45) is 7.05 Å². The molecule has 0 unspecified atom stereocenters. The van der Waals surface area contributed by atoms with Crippen LogP contribution in [0.2, 0.25) is 0 Å². The number of nitrogens with one attached hydrogen (secondary N) is 1. The number of thioether (sulfide) groups is 1.